The number of esters is 1. The predicted octanol–water partition coefficient (Wildman–Crippen LogP) is 3.10. The third kappa shape index (κ3) is 4.95. The van der Waals surface area contributed by atoms with Crippen molar-refractivity contribution in [2.45, 2.75) is 40.7 Å². The SMILES string of the molecule is CCOC(=O)c1c(C)cc(OCC)cc1NC(=O)NC(C)C. The second kappa shape index (κ2) is 8.26. The van der Waals surface area contributed by atoms with Crippen LogP contribution in [0.15, 0.2) is 12.1 Å². The van der Waals surface area contributed by atoms with E-state index in [2.05, 4.69) is 10.6 Å². The number of anilines is 1. The molecule has 0 aliphatic rings. The van der Waals surface area contributed by atoms with Crippen molar-refractivity contribution in [1.29, 1.82) is 0 Å². The molecule has 22 heavy (non-hydrogen) atoms. The first kappa shape index (κ1) is 17.8. The minimum Gasteiger partial charge on any atom is -0.494 e. The first-order valence-electron chi connectivity index (χ1n) is 7.41. The normalized spacial score (nSPS) is 10.3. The third-order valence-electron chi connectivity index (χ3n) is 2.77. The molecule has 6 heteroatoms. The van der Waals surface area contributed by atoms with Gasteiger partial charge in [-0.2, -0.15) is 0 Å². The van der Waals surface area contributed by atoms with Crippen LogP contribution in [0.5, 0.6) is 5.75 Å². The number of rotatable bonds is 6. The molecule has 0 bridgehead atoms. The van der Waals surface area contributed by atoms with E-state index < -0.39 is 5.97 Å². The van der Waals surface area contributed by atoms with Crippen molar-refractivity contribution in [2.24, 2.45) is 0 Å². The van der Waals surface area contributed by atoms with Gasteiger partial charge in [-0.3, -0.25) is 0 Å². The van der Waals surface area contributed by atoms with Gasteiger partial charge >= 0.3 is 12.0 Å². The van der Waals surface area contributed by atoms with Crippen LogP contribution in [0.4, 0.5) is 10.5 Å². The van der Waals surface area contributed by atoms with Crippen molar-refractivity contribution >= 4 is 17.7 Å². The number of nitrogens with one attached hydrogen (secondary N) is 2. The van der Waals surface area contributed by atoms with Crippen LogP contribution < -0.4 is 15.4 Å². The number of carbonyl (C=O) groups excluding carboxylic acids is 2. The van der Waals surface area contributed by atoms with Crippen LogP contribution in [0.1, 0.15) is 43.6 Å². The molecule has 0 radical (unpaired) electrons. The Morgan fingerprint density at radius 3 is 2.41 bits per heavy atom. The van der Waals surface area contributed by atoms with Gasteiger partial charge in [0.2, 0.25) is 0 Å². The van der Waals surface area contributed by atoms with Crippen LogP contribution in [0, 0.1) is 6.92 Å². The van der Waals surface area contributed by atoms with Crippen molar-refractivity contribution < 1.29 is 19.1 Å². The number of aryl methyl sites for hydroxylation is 1. The van der Waals surface area contributed by atoms with Gasteiger partial charge in [-0.1, -0.05) is 0 Å². The van der Waals surface area contributed by atoms with E-state index in [1.54, 1.807) is 26.0 Å². The van der Waals surface area contributed by atoms with E-state index in [1.807, 2.05) is 20.8 Å². The molecule has 0 aromatic heterocycles. The van der Waals surface area contributed by atoms with Crippen molar-refractivity contribution in [3.63, 3.8) is 0 Å². The minimum atomic E-state index is -0.470. The van der Waals surface area contributed by atoms with Crippen molar-refractivity contribution in [3.05, 3.63) is 23.3 Å². The largest absolute Gasteiger partial charge is 0.494 e. The average molecular weight is 308 g/mol. The molecule has 2 N–H and O–H groups in total. The summed E-state index contributed by atoms with van der Waals surface area (Å²) in [4.78, 5) is 24.0. The van der Waals surface area contributed by atoms with Gasteiger partial charge in [0.15, 0.2) is 0 Å². The zero-order valence-electron chi connectivity index (χ0n) is 13.8. The fraction of sp³-hybridized carbons (Fsp3) is 0.500. The Bertz CT molecular complexity index is 541. The number of benzene rings is 1. The Balaban J connectivity index is 3.17. The van der Waals surface area contributed by atoms with Crippen molar-refractivity contribution in [1.82, 2.24) is 5.32 Å². The summed E-state index contributed by atoms with van der Waals surface area (Å²) < 4.78 is 10.5. The first-order valence-corrected chi connectivity index (χ1v) is 7.41. The molecule has 0 heterocycles. The molecular formula is C16H24N2O4. The molecule has 0 saturated carbocycles. The highest BCUT2D eigenvalue weighted by molar-refractivity contribution is 6.02. The summed E-state index contributed by atoms with van der Waals surface area (Å²) >= 11 is 0. The van der Waals surface area contributed by atoms with Crippen LogP contribution in [0.3, 0.4) is 0 Å². The van der Waals surface area contributed by atoms with E-state index in [1.165, 1.54) is 0 Å². The van der Waals surface area contributed by atoms with Crippen molar-refractivity contribution in [3.8, 4) is 5.75 Å². The molecule has 1 aromatic carbocycles. The van der Waals surface area contributed by atoms with Crippen LogP contribution in [0.2, 0.25) is 0 Å². The summed E-state index contributed by atoms with van der Waals surface area (Å²) in [7, 11) is 0. The number of ether oxygens (including phenoxy) is 2. The maximum atomic E-state index is 12.1. The molecule has 0 unspecified atom stereocenters. The molecule has 0 aliphatic carbocycles. The molecule has 122 valence electrons. The lowest BCUT2D eigenvalue weighted by Crippen LogP contribution is -2.34. The maximum Gasteiger partial charge on any atom is 0.340 e. The molecule has 0 saturated heterocycles. The molecule has 0 fully saturated rings. The quantitative estimate of drug-likeness (QED) is 0.792. The Morgan fingerprint density at radius 2 is 1.86 bits per heavy atom. The fourth-order valence-electron chi connectivity index (χ4n) is 2.00. The van der Waals surface area contributed by atoms with Crippen LogP contribution in [-0.2, 0) is 4.74 Å². The van der Waals surface area contributed by atoms with E-state index in [9.17, 15) is 9.59 Å². The van der Waals surface area contributed by atoms with Crippen LogP contribution in [-0.4, -0.2) is 31.3 Å². The molecule has 2 amide bonds. The molecule has 1 rings (SSSR count). The lowest BCUT2D eigenvalue weighted by Gasteiger charge is -2.16. The van der Waals surface area contributed by atoms with Gasteiger partial charge in [-0.25, -0.2) is 9.59 Å². The van der Waals surface area contributed by atoms with Gasteiger partial charge in [0, 0.05) is 12.1 Å². The highest BCUT2D eigenvalue weighted by Crippen LogP contribution is 2.27. The Morgan fingerprint density at radius 1 is 1.18 bits per heavy atom. The summed E-state index contributed by atoms with van der Waals surface area (Å²) in [5.74, 6) is 0.121. The molecular weight excluding hydrogens is 284 g/mol. The van der Waals surface area contributed by atoms with Gasteiger partial charge in [0.05, 0.1) is 24.5 Å². The number of urea groups is 1. The van der Waals surface area contributed by atoms with Gasteiger partial charge < -0.3 is 20.1 Å². The van der Waals surface area contributed by atoms with E-state index in [4.69, 9.17) is 9.47 Å². The van der Waals surface area contributed by atoms with Crippen LogP contribution in [0.25, 0.3) is 0 Å². The zero-order chi connectivity index (χ0) is 16.7. The topological polar surface area (TPSA) is 76.7 Å². The molecule has 0 spiro atoms. The summed E-state index contributed by atoms with van der Waals surface area (Å²) in [5.41, 5.74) is 1.40. The molecule has 0 atom stereocenters. The second-order valence-electron chi connectivity index (χ2n) is 5.07. The molecule has 1 aromatic rings. The first-order chi connectivity index (χ1) is 10.4. The number of carbonyl (C=O) groups is 2. The second-order valence-corrected chi connectivity index (χ2v) is 5.07. The Labute approximate surface area is 131 Å². The summed E-state index contributed by atoms with van der Waals surface area (Å²) in [6.45, 7) is 9.86. The molecule has 6 nitrogen and oxygen atoms in total. The average Bonchev–Trinajstić information content (AvgIpc) is 2.37. The van der Waals surface area contributed by atoms with Gasteiger partial charge in [0.25, 0.3) is 0 Å². The maximum absolute atomic E-state index is 12.1. The van der Waals surface area contributed by atoms with Crippen LogP contribution >= 0.6 is 0 Å². The Kier molecular flexibility index (Phi) is 6.69. The summed E-state index contributed by atoms with van der Waals surface area (Å²) in [5, 5.41) is 5.41. The lowest BCUT2D eigenvalue weighted by molar-refractivity contribution is 0.0526. The minimum absolute atomic E-state index is 0.0118. The Hall–Kier alpha value is -2.24. The monoisotopic (exact) mass is 308 g/mol. The van der Waals surface area contributed by atoms with E-state index in [0.717, 1.165) is 0 Å². The zero-order valence-corrected chi connectivity index (χ0v) is 13.8. The standard InChI is InChI=1S/C16H24N2O4/c1-6-21-12-8-11(5)14(15(19)22-7-2)13(9-12)18-16(20)17-10(3)4/h8-10H,6-7H2,1-5H3,(H2,17,18,20). The third-order valence-corrected chi connectivity index (χ3v) is 2.77. The van der Waals surface area contributed by atoms with E-state index in [-0.39, 0.29) is 18.7 Å². The molecule has 0 aliphatic heterocycles. The number of hydrogen-bond acceptors (Lipinski definition) is 4. The summed E-state index contributed by atoms with van der Waals surface area (Å²) in [6.07, 6.45) is 0. The van der Waals surface area contributed by atoms with E-state index in [0.29, 0.717) is 29.2 Å². The summed E-state index contributed by atoms with van der Waals surface area (Å²) in [6, 6.07) is 2.99. The number of hydrogen-bond donors (Lipinski definition) is 2. The fourth-order valence-corrected chi connectivity index (χ4v) is 2.00. The smallest absolute Gasteiger partial charge is 0.340 e. The van der Waals surface area contributed by atoms with Gasteiger partial charge in [-0.05, 0) is 46.2 Å². The number of amides is 2. The van der Waals surface area contributed by atoms with Gasteiger partial charge in [0.1, 0.15) is 5.75 Å². The predicted molar refractivity (Wildman–Crippen MR) is 85.6 cm³/mol. The lowest BCUT2D eigenvalue weighted by atomic mass is 10.1. The van der Waals surface area contributed by atoms with Gasteiger partial charge in [-0.15, -0.1) is 0 Å². The highest BCUT2D eigenvalue weighted by Gasteiger charge is 2.19. The van der Waals surface area contributed by atoms with E-state index >= 15 is 0 Å². The highest BCUT2D eigenvalue weighted by atomic mass is 16.5. The van der Waals surface area contributed by atoms with Crippen molar-refractivity contribution in [2.75, 3.05) is 18.5 Å².